The van der Waals surface area contributed by atoms with Gasteiger partial charge in [-0.1, -0.05) is 19.1 Å². The minimum absolute atomic E-state index is 0.152. The summed E-state index contributed by atoms with van der Waals surface area (Å²) in [5.41, 5.74) is 0.436. The average Bonchev–Trinajstić information content (AvgIpc) is 2.60. The Hall–Kier alpha value is -2.45. The summed E-state index contributed by atoms with van der Waals surface area (Å²) in [6.07, 6.45) is 0. The van der Waals surface area contributed by atoms with E-state index in [1.807, 2.05) is 0 Å². The molecule has 25 heavy (non-hydrogen) atoms. The zero-order chi connectivity index (χ0) is 18.4. The molecule has 0 unspecified atom stereocenters. The number of rotatable bonds is 7. The van der Waals surface area contributed by atoms with Crippen LogP contribution >= 0.6 is 0 Å². The molecule has 0 saturated heterocycles. The first kappa shape index (κ1) is 18.9. The molecule has 134 valence electrons. The van der Waals surface area contributed by atoms with Crippen LogP contribution in [-0.2, 0) is 16.6 Å². The summed E-state index contributed by atoms with van der Waals surface area (Å²) in [4.78, 5) is 12.1. The van der Waals surface area contributed by atoms with Gasteiger partial charge in [0.1, 0.15) is 11.6 Å². The van der Waals surface area contributed by atoms with E-state index in [1.165, 1.54) is 7.11 Å². The molecule has 0 spiro atoms. The molecule has 0 atom stereocenters. The van der Waals surface area contributed by atoms with Crippen molar-refractivity contribution in [2.24, 2.45) is 0 Å². The lowest BCUT2D eigenvalue weighted by Crippen LogP contribution is -2.26. The number of halogens is 1. The second kappa shape index (κ2) is 8.09. The summed E-state index contributed by atoms with van der Waals surface area (Å²) in [6, 6.07) is 10.2. The maximum Gasteiger partial charge on any atom is 0.254 e. The highest BCUT2D eigenvalue weighted by molar-refractivity contribution is 7.89. The van der Waals surface area contributed by atoms with Gasteiger partial charge in [-0.2, -0.15) is 0 Å². The average molecular weight is 366 g/mol. The van der Waals surface area contributed by atoms with E-state index in [2.05, 4.69) is 10.0 Å². The zero-order valence-corrected chi connectivity index (χ0v) is 14.7. The van der Waals surface area contributed by atoms with Crippen LogP contribution in [-0.4, -0.2) is 28.0 Å². The standard InChI is InChI=1S/C17H19FN2O4S/c1-3-20-25(22,23)14-7-8-16(18)15(10-14)17(21)19-11-12-5-4-6-13(9-12)24-2/h4-10,20H,3,11H2,1-2H3,(H,19,21). The van der Waals surface area contributed by atoms with Gasteiger partial charge in [0, 0.05) is 13.1 Å². The molecule has 0 aromatic heterocycles. The number of amides is 1. The van der Waals surface area contributed by atoms with E-state index < -0.39 is 21.7 Å². The van der Waals surface area contributed by atoms with Gasteiger partial charge in [-0.05, 0) is 35.9 Å². The zero-order valence-electron chi connectivity index (χ0n) is 13.9. The number of nitrogens with one attached hydrogen (secondary N) is 2. The van der Waals surface area contributed by atoms with E-state index in [-0.39, 0.29) is 23.5 Å². The van der Waals surface area contributed by atoms with Crippen LogP contribution in [0, 0.1) is 5.82 Å². The van der Waals surface area contributed by atoms with E-state index in [0.29, 0.717) is 5.75 Å². The number of carbonyl (C=O) groups excluding carboxylic acids is 1. The molecule has 6 nitrogen and oxygen atoms in total. The molecule has 0 aliphatic rings. The van der Waals surface area contributed by atoms with Crippen molar-refractivity contribution in [1.82, 2.24) is 10.0 Å². The number of ether oxygens (including phenoxy) is 1. The molecule has 2 aromatic rings. The summed E-state index contributed by atoms with van der Waals surface area (Å²) in [6.45, 7) is 1.97. The van der Waals surface area contributed by atoms with Crippen LogP contribution in [0.25, 0.3) is 0 Å². The fraction of sp³-hybridized carbons (Fsp3) is 0.235. The van der Waals surface area contributed by atoms with Gasteiger partial charge < -0.3 is 10.1 Å². The summed E-state index contributed by atoms with van der Waals surface area (Å²) in [7, 11) is -2.24. The fourth-order valence-corrected chi connectivity index (χ4v) is 3.25. The molecule has 2 aromatic carbocycles. The van der Waals surface area contributed by atoms with Crippen molar-refractivity contribution in [1.29, 1.82) is 0 Å². The fourth-order valence-electron chi connectivity index (χ4n) is 2.18. The van der Waals surface area contributed by atoms with Gasteiger partial charge >= 0.3 is 0 Å². The van der Waals surface area contributed by atoms with Gasteiger partial charge in [-0.15, -0.1) is 0 Å². The first-order valence-corrected chi connectivity index (χ1v) is 9.06. The third-order valence-corrected chi connectivity index (χ3v) is 4.96. The van der Waals surface area contributed by atoms with Gasteiger partial charge in [0.15, 0.2) is 0 Å². The number of carbonyl (C=O) groups is 1. The lowest BCUT2D eigenvalue weighted by Gasteiger charge is -2.10. The first-order chi connectivity index (χ1) is 11.9. The minimum atomic E-state index is -3.77. The normalized spacial score (nSPS) is 11.2. The van der Waals surface area contributed by atoms with Gasteiger partial charge in [-0.3, -0.25) is 4.79 Å². The highest BCUT2D eigenvalue weighted by atomic mass is 32.2. The van der Waals surface area contributed by atoms with Crippen molar-refractivity contribution in [3.05, 3.63) is 59.4 Å². The van der Waals surface area contributed by atoms with E-state index in [9.17, 15) is 17.6 Å². The van der Waals surface area contributed by atoms with Crippen LogP contribution in [0.2, 0.25) is 0 Å². The number of benzene rings is 2. The molecule has 2 N–H and O–H groups in total. The minimum Gasteiger partial charge on any atom is -0.497 e. The number of hydrogen-bond acceptors (Lipinski definition) is 4. The monoisotopic (exact) mass is 366 g/mol. The largest absolute Gasteiger partial charge is 0.497 e. The lowest BCUT2D eigenvalue weighted by atomic mass is 10.1. The Kier molecular flexibility index (Phi) is 6.11. The van der Waals surface area contributed by atoms with Gasteiger partial charge in [0.2, 0.25) is 10.0 Å². The Morgan fingerprint density at radius 2 is 1.96 bits per heavy atom. The van der Waals surface area contributed by atoms with Crippen molar-refractivity contribution in [3.8, 4) is 5.75 Å². The Balaban J connectivity index is 2.18. The summed E-state index contributed by atoms with van der Waals surface area (Å²) in [5.74, 6) is -0.857. The molecule has 0 aliphatic carbocycles. The Bertz CT molecular complexity index is 869. The van der Waals surface area contributed by atoms with Crippen molar-refractivity contribution < 1.29 is 22.3 Å². The smallest absolute Gasteiger partial charge is 0.254 e. The van der Waals surface area contributed by atoms with Crippen molar-refractivity contribution in [2.75, 3.05) is 13.7 Å². The molecule has 1 amide bonds. The van der Waals surface area contributed by atoms with Crippen molar-refractivity contribution in [2.45, 2.75) is 18.4 Å². The van der Waals surface area contributed by atoms with Gasteiger partial charge in [0.25, 0.3) is 5.91 Å². The van der Waals surface area contributed by atoms with Crippen LogP contribution in [0.4, 0.5) is 4.39 Å². The van der Waals surface area contributed by atoms with Crippen LogP contribution < -0.4 is 14.8 Å². The maximum atomic E-state index is 13.9. The predicted octanol–water partition coefficient (Wildman–Crippen LogP) is 2.06. The van der Waals surface area contributed by atoms with E-state index in [0.717, 1.165) is 23.8 Å². The molecule has 0 saturated carbocycles. The summed E-state index contributed by atoms with van der Waals surface area (Å²) >= 11 is 0. The maximum absolute atomic E-state index is 13.9. The topological polar surface area (TPSA) is 84.5 Å². The SMILES string of the molecule is CCNS(=O)(=O)c1ccc(F)c(C(=O)NCc2cccc(OC)c2)c1. The van der Waals surface area contributed by atoms with Crippen LogP contribution in [0.5, 0.6) is 5.75 Å². The third-order valence-electron chi connectivity index (χ3n) is 3.41. The highest BCUT2D eigenvalue weighted by Crippen LogP contribution is 2.16. The number of hydrogen-bond donors (Lipinski definition) is 2. The Morgan fingerprint density at radius 3 is 2.64 bits per heavy atom. The van der Waals surface area contributed by atoms with Gasteiger partial charge in [-0.25, -0.2) is 17.5 Å². The molecule has 8 heteroatoms. The van der Waals surface area contributed by atoms with Crippen LogP contribution in [0.3, 0.4) is 0 Å². The number of methoxy groups -OCH3 is 1. The van der Waals surface area contributed by atoms with Crippen LogP contribution in [0.15, 0.2) is 47.4 Å². The molecular formula is C17H19FN2O4S. The molecule has 0 heterocycles. The lowest BCUT2D eigenvalue weighted by molar-refractivity contribution is 0.0946. The number of sulfonamides is 1. The Morgan fingerprint density at radius 1 is 1.20 bits per heavy atom. The molecule has 0 fully saturated rings. The quantitative estimate of drug-likeness (QED) is 0.786. The van der Waals surface area contributed by atoms with E-state index >= 15 is 0 Å². The summed E-state index contributed by atoms with van der Waals surface area (Å²) < 4.78 is 45.3. The first-order valence-electron chi connectivity index (χ1n) is 7.57. The third kappa shape index (κ3) is 4.77. The molecule has 0 bridgehead atoms. The summed E-state index contributed by atoms with van der Waals surface area (Å²) in [5, 5.41) is 2.57. The molecule has 0 aliphatic heterocycles. The van der Waals surface area contributed by atoms with E-state index in [4.69, 9.17) is 4.74 Å². The van der Waals surface area contributed by atoms with Crippen LogP contribution in [0.1, 0.15) is 22.8 Å². The second-order valence-electron chi connectivity index (χ2n) is 5.18. The molecule has 2 rings (SSSR count). The van der Waals surface area contributed by atoms with Crippen molar-refractivity contribution in [3.63, 3.8) is 0 Å². The van der Waals surface area contributed by atoms with Gasteiger partial charge in [0.05, 0.1) is 17.6 Å². The predicted molar refractivity (Wildman–Crippen MR) is 91.4 cm³/mol. The van der Waals surface area contributed by atoms with Crippen molar-refractivity contribution >= 4 is 15.9 Å². The molecule has 0 radical (unpaired) electrons. The second-order valence-corrected chi connectivity index (χ2v) is 6.94. The highest BCUT2D eigenvalue weighted by Gasteiger charge is 2.18. The molecular weight excluding hydrogens is 347 g/mol. The Labute approximate surface area is 146 Å². The van der Waals surface area contributed by atoms with E-state index in [1.54, 1.807) is 31.2 Å².